The van der Waals surface area contributed by atoms with Crippen molar-refractivity contribution in [3.63, 3.8) is 0 Å². The lowest BCUT2D eigenvalue weighted by molar-refractivity contribution is -0.157. The van der Waals surface area contributed by atoms with E-state index in [2.05, 4.69) is 10.6 Å². The number of ether oxygens (including phenoxy) is 8. The van der Waals surface area contributed by atoms with E-state index in [0.29, 0.717) is 25.7 Å². The molecule has 0 aromatic heterocycles. The first-order chi connectivity index (χ1) is 64.6. The van der Waals surface area contributed by atoms with Crippen molar-refractivity contribution in [3.8, 4) is 0 Å². The molecule has 0 aliphatic heterocycles. The Kier molecular flexibility index (Phi) is 56.1. The van der Waals surface area contributed by atoms with Crippen LogP contribution in [0.5, 0.6) is 0 Å². The second-order valence-corrected chi connectivity index (χ2v) is 38.3. The monoisotopic (exact) mass is 2000 g/mol. The molecule has 138 heavy (non-hydrogen) atoms. The third-order valence-corrected chi connectivity index (χ3v) is 23.0. The van der Waals surface area contributed by atoms with Crippen LogP contribution in [0.1, 0.15) is 127 Å². The number of esters is 8. The van der Waals surface area contributed by atoms with E-state index < -0.39 is 130 Å². The quantitative estimate of drug-likeness (QED) is 0.00810. The summed E-state index contributed by atoms with van der Waals surface area (Å²) in [7, 11) is -16.8. The van der Waals surface area contributed by atoms with Gasteiger partial charge in [0.1, 0.15) is 125 Å². The van der Waals surface area contributed by atoms with Crippen LogP contribution in [0.25, 0.3) is 0 Å². The fourth-order valence-electron chi connectivity index (χ4n) is 11.5. The molecule has 0 aliphatic rings. The molecule has 11 N–H and O–H groups in total. The van der Waals surface area contributed by atoms with Crippen molar-refractivity contribution < 1.29 is 138 Å². The molecular weight excluding hydrogens is 1870 g/mol. The minimum Gasteiger partial charge on any atom is -0.744 e. The molecule has 40 heteroatoms. The van der Waals surface area contributed by atoms with Crippen LogP contribution in [-0.4, -0.2) is 201 Å². The van der Waals surface area contributed by atoms with Gasteiger partial charge in [-0.2, -0.15) is 8.42 Å². The molecule has 0 aliphatic carbocycles. The van der Waals surface area contributed by atoms with Crippen molar-refractivity contribution in [1.29, 1.82) is 0 Å². The van der Waals surface area contributed by atoms with Gasteiger partial charge in [0.2, 0.25) is 0 Å². The number of nitrogens with one attached hydrogen (secondary N) is 2. The molecular formula is C98H129N6O30S4-3. The number of hydrogen-bond acceptors (Lipinski definition) is 33. The van der Waals surface area contributed by atoms with Crippen LogP contribution in [0, 0.1) is 63.2 Å². The smallest absolute Gasteiger partial charge is 0.329 e. The summed E-state index contributed by atoms with van der Waals surface area (Å²) < 4.78 is 164. The number of ketones is 1. The summed E-state index contributed by atoms with van der Waals surface area (Å²) in [5.41, 5.74) is 30.1. The van der Waals surface area contributed by atoms with E-state index in [9.17, 15) is 95.3 Å². The Bertz CT molecular complexity index is 5140. The van der Waals surface area contributed by atoms with Gasteiger partial charge in [0.25, 0.3) is 10.1 Å². The van der Waals surface area contributed by atoms with E-state index in [0.717, 1.165) is 44.5 Å². The van der Waals surface area contributed by atoms with E-state index in [-0.39, 0.29) is 127 Å². The van der Waals surface area contributed by atoms with Crippen LogP contribution in [0.2, 0.25) is 0 Å². The number of carbonyl (C=O) groups excluding carboxylic acids is 10. The van der Waals surface area contributed by atoms with Crippen molar-refractivity contribution in [1.82, 2.24) is 10.6 Å². The zero-order valence-electron chi connectivity index (χ0n) is 79.8. The Morgan fingerprint density at radius 2 is 0.594 bits per heavy atom. The highest BCUT2D eigenvalue weighted by Crippen LogP contribution is 2.20. The number of amides is 2. The van der Waals surface area contributed by atoms with Gasteiger partial charge in [-0.1, -0.05) is 254 Å². The molecule has 8 aromatic carbocycles. The zero-order valence-corrected chi connectivity index (χ0v) is 83.1. The molecule has 0 saturated heterocycles. The molecule has 8 rings (SSSR count). The highest BCUT2D eigenvalue weighted by molar-refractivity contribution is 7.86. The normalized spacial score (nSPS) is 12.8. The number of nitrogens with two attached hydrogens (primary N) is 4. The molecule has 758 valence electrons. The molecule has 0 fully saturated rings. The van der Waals surface area contributed by atoms with Crippen LogP contribution in [0.15, 0.2) is 238 Å². The summed E-state index contributed by atoms with van der Waals surface area (Å²) in [5.74, 6) is -5.80. The van der Waals surface area contributed by atoms with Gasteiger partial charge in [-0.05, 0) is 155 Å². The Morgan fingerprint density at radius 1 is 0.326 bits per heavy atom. The Balaban J connectivity index is 0.000000606. The summed E-state index contributed by atoms with van der Waals surface area (Å²) in [6.45, 7) is 24.3. The van der Waals surface area contributed by atoms with Crippen molar-refractivity contribution in [3.05, 3.63) is 263 Å². The zero-order chi connectivity index (χ0) is 104. The maximum atomic E-state index is 13.2. The maximum absolute atomic E-state index is 13.2. The SMILES string of the molecule is CC(C)[C@H](N)C(=O)OCCOC(=O)[C@@H](N)C(C)C.CC[C@H](C(=O)OCCOC(=O)C(NC(=O)N[C@@H](Cc1ccccc1)C(=O)OCCOC(=O)[C@@H](CC(C)=O)Cc1ccccc1)C(C)C)C(C)C.Cc1ccc(S(=O)(=O)O)cc1.Cc1ccc(S(=O)(=O)[O-])cc1.Cc1ccc(S(=O)(=O)[O-])cc1.Cc1ccc(S(=O)(=O)[O-])cc1.N[C@@H](Cc1ccccc1)C(=O)OCCOC(=O)[C@@H](N)Cc1ccccc1. The summed E-state index contributed by atoms with van der Waals surface area (Å²) in [6, 6.07) is 54.6. The molecule has 8 aromatic rings. The van der Waals surface area contributed by atoms with E-state index in [1.807, 2.05) is 173 Å². The average molecular weight is 2000 g/mol. The van der Waals surface area contributed by atoms with E-state index >= 15 is 0 Å². The first-order valence-electron chi connectivity index (χ1n) is 43.8. The minimum absolute atomic E-state index is 0.00416. The van der Waals surface area contributed by atoms with Crippen LogP contribution in [0.4, 0.5) is 4.79 Å². The first kappa shape index (κ1) is 122. The van der Waals surface area contributed by atoms with E-state index in [1.165, 1.54) is 55.5 Å². The summed E-state index contributed by atoms with van der Waals surface area (Å²) in [6.07, 6.45) is 1.84. The lowest BCUT2D eigenvalue weighted by Gasteiger charge is -2.23. The van der Waals surface area contributed by atoms with Gasteiger partial charge in [0.15, 0.2) is 0 Å². The Hall–Kier alpha value is -12.1. The molecule has 1 unspecified atom stereocenters. The van der Waals surface area contributed by atoms with Crippen molar-refractivity contribution >= 4 is 100 Å². The van der Waals surface area contributed by atoms with Crippen LogP contribution >= 0.6 is 0 Å². The standard InChI is InChI=1S/C38H52N2O10.C20H24N2O4.C12H24N2O4.4C7H8O3S/c1-7-31(25(2)3)35(43)48-19-21-50-37(45)33(26(4)5)40-38(46)39-32(24-29-16-12-9-13-17-29)36(44)49-20-18-47-34(42)30(22-27(6)41)23-28-14-10-8-11-15-28;21-17(13-15-7-3-1-4-8-15)19(23)25-11-12-26-20(24)18(22)14-16-9-5-2-6-10-16;1-7(2)9(13)11(15)17-5-6-18-12(16)10(14)8(3)4;4*1-6-2-4-7(5-3-6)11(8,9)10/h8-17,25-26,30-33H,7,18-24H2,1-6H3,(H2,39,40,46);1-10,17-18H,11-14,21-22H2;7-10H,5-6,13-14H2,1-4H3;4*2-5H,1H3,(H,8,9,10)/p-3/t30-,31-,32-,33?;17-,18-;9-,10-;;;;/m000..../s1. The second kappa shape index (κ2) is 63.4. The number of urea groups is 1. The van der Waals surface area contributed by atoms with Crippen molar-refractivity contribution in [2.75, 3.05) is 52.9 Å². The predicted molar refractivity (Wildman–Crippen MR) is 510 cm³/mol. The largest absolute Gasteiger partial charge is 0.744 e. The highest BCUT2D eigenvalue weighted by Gasteiger charge is 2.31. The fourth-order valence-corrected chi connectivity index (χ4v) is 13.4. The van der Waals surface area contributed by atoms with Gasteiger partial charge in [0, 0.05) is 12.8 Å². The average Bonchev–Trinajstić information content (AvgIpc) is 0.863. The third-order valence-electron chi connectivity index (χ3n) is 19.5. The Morgan fingerprint density at radius 3 is 0.870 bits per heavy atom. The first-order valence-corrected chi connectivity index (χ1v) is 49.5. The van der Waals surface area contributed by atoms with Gasteiger partial charge in [-0.25, -0.2) is 39.6 Å². The number of rotatable bonds is 41. The van der Waals surface area contributed by atoms with Gasteiger partial charge < -0.3 is 89.9 Å². The lowest BCUT2D eigenvalue weighted by atomic mass is 9.94. The number of Topliss-reactive ketones (excluding diaryl/α,β-unsaturated/α-hetero) is 1. The fraction of sp³-hybridized carbons (Fsp3) is 0.408. The summed E-state index contributed by atoms with van der Waals surface area (Å²) >= 11 is 0. The predicted octanol–water partition coefficient (Wildman–Crippen LogP) is 9.81. The lowest BCUT2D eigenvalue weighted by Crippen LogP contribution is -2.54. The number of benzene rings is 8. The molecule has 36 nitrogen and oxygen atoms in total. The topological polar surface area (TPSA) is 599 Å². The highest BCUT2D eigenvalue weighted by atomic mass is 32.2. The van der Waals surface area contributed by atoms with Crippen LogP contribution < -0.4 is 33.6 Å². The van der Waals surface area contributed by atoms with Crippen molar-refractivity contribution in [2.24, 2.45) is 58.4 Å². The van der Waals surface area contributed by atoms with Crippen LogP contribution in [-0.2, 0) is 147 Å². The Labute approximate surface area is 809 Å². The third kappa shape index (κ3) is 51.9. The van der Waals surface area contributed by atoms with E-state index in [4.69, 9.17) is 65.4 Å². The number of carbonyl (C=O) groups is 10. The summed E-state index contributed by atoms with van der Waals surface area (Å²) in [4.78, 5) is 122. The summed E-state index contributed by atoms with van der Waals surface area (Å²) in [5, 5.41) is 5.16. The maximum Gasteiger partial charge on any atom is 0.329 e. The second-order valence-electron chi connectivity index (χ2n) is 32.7. The molecule has 0 saturated carbocycles. The van der Waals surface area contributed by atoms with Gasteiger partial charge in [0.05, 0.1) is 31.4 Å². The van der Waals surface area contributed by atoms with Crippen LogP contribution in [0.3, 0.4) is 0 Å². The van der Waals surface area contributed by atoms with Gasteiger partial charge in [-0.3, -0.25) is 33.3 Å². The molecule has 0 spiro atoms. The van der Waals surface area contributed by atoms with Gasteiger partial charge in [-0.15, -0.1) is 0 Å². The number of hydrogen-bond donors (Lipinski definition) is 7. The van der Waals surface area contributed by atoms with Crippen molar-refractivity contribution in [2.45, 2.75) is 191 Å². The molecule has 0 radical (unpaired) electrons. The van der Waals surface area contributed by atoms with E-state index in [1.54, 1.807) is 86.6 Å². The molecule has 0 heterocycles. The van der Waals surface area contributed by atoms with Gasteiger partial charge >= 0.3 is 53.8 Å². The molecule has 2 amide bonds. The minimum atomic E-state index is -4.27. The molecule has 8 atom stereocenters. The number of aryl methyl sites for hydroxylation is 4. The molecule has 0 bridgehead atoms.